The molecule has 0 saturated heterocycles. The van der Waals surface area contributed by atoms with Crippen molar-refractivity contribution in [2.24, 2.45) is 16.1 Å². The SMILES string of the molecule is CCCCOC1CC(NC(N)=NCCCOCC)C1(C)C.I. The Hall–Kier alpha value is -0.0800. The molecule has 0 aromatic carbocycles. The predicted molar refractivity (Wildman–Crippen MR) is 103 cm³/mol. The molecule has 2 atom stereocenters. The van der Waals surface area contributed by atoms with E-state index in [1.807, 2.05) is 6.92 Å². The Morgan fingerprint density at radius 2 is 2.00 bits per heavy atom. The van der Waals surface area contributed by atoms with Gasteiger partial charge in [0.05, 0.1) is 6.10 Å². The Balaban J connectivity index is 0.00000441. The minimum Gasteiger partial charge on any atom is -0.382 e. The van der Waals surface area contributed by atoms with Gasteiger partial charge < -0.3 is 20.5 Å². The molecule has 1 saturated carbocycles. The molecule has 0 aliphatic heterocycles. The molecule has 1 aliphatic carbocycles. The van der Waals surface area contributed by atoms with Crippen LogP contribution in [0.5, 0.6) is 0 Å². The maximum atomic E-state index is 5.94. The summed E-state index contributed by atoms with van der Waals surface area (Å²) in [6, 6.07) is 0.347. The van der Waals surface area contributed by atoms with E-state index in [4.69, 9.17) is 15.2 Å². The van der Waals surface area contributed by atoms with Gasteiger partial charge in [0, 0.05) is 37.8 Å². The Morgan fingerprint density at radius 1 is 1.27 bits per heavy atom. The van der Waals surface area contributed by atoms with E-state index in [2.05, 4.69) is 31.1 Å². The van der Waals surface area contributed by atoms with Gasteiger partial charge >= 0.3 is 0 Å². The predicted octanol–water partition coefficient (Wildman–Crippen LogP) is 2.92. The number of nitrogens with zero attached hydrogens (tertiary/aromatic N) is 1. The fourth-order valence-electron chi connectivity index (χ4n) is 2.52. The normalized spacial score (nSPS) is 23.5. The summed E-state index contributed by atoms with van der Waals surface area (Å²) in [6.45, 7) is 11.7. The van der Waals surface area contributed by atoms with Gasteiger partial charge in [-0.2, -0.15) is 0 Å². The van der Waals surface area contributed by atoms with Crippen LogP contribution in [0.4, 0.5) is 0 Å². The first kappa shape index (κ1) is 21.9. The second-order valence-corrected chi connectivity index (χ2v) is 6.28. The first-order valence-corrected chi connectivity index (χ1v) is 8.28. The van der Waals surface area contributed by atoms with Crippen LogP contribution in [0, 0.1) is 5.41 Å². The van der Waals surface area contributed by atoms with Gasteiger partial charge in [-0.15, -0.1) is 24.0 Å². The van der Waals surface area contributed by atoms with E-state index < -0.39 is 0 Å². The molecule has 0 amide bonds. The molecule has 132 valence electrons. The van der Waals surface area contributed by atoms with Crippen molar-refractivity contribution in [1.29, 1.82) is 0 Å². The lowest BCUT2D eigenvalue weighted by Crippen LogP contribution is -2.63. The minimum absolute atomic E-state index is 0. The topological polar surface area (TPSA) is 68.9 Å². The van der Waals surface area contributed by atoms with Gasteiger partial charge in [0.2, 0.25) is 0 Å². The van der Waals surface area contributed by atoms with Crippen LogP contribution in [-0.4, -0.2) is 44.5 Å². The standard InChI is InChI=1S/C16H33N3O2.HI/c1-5-7-11-21-14-12-13(16(14,3)4)19-15(17)18-9-8-10-20-6-2;/h13-14H,5-12H2,1-4H3,(H3,17,18,19);1H. The lowest BCUT2D eigenvalue weighted by molar-refractivity contribution is -0.113. The average molecular weight is 427 g/mol. The number of halogens is 1. The number of unbranched alkanes of at least 4 members (excludes halogenated alkanes) is 1. The molecule has 5 nitrogen and oxygen atoms in total. The van der Waals surface area contributed by atoms with Gasteiger partial charge in [-0.05, 0) is 26.2 Å². The molecule has 1 aliphatic rings. The summed E-state index contributed by atoms with van der Waals surface area (Å²) in [5.41, 5.74) is 6.05. The molecule has 6 heteroatoms. The van der Waals surface area contributed by atoms with E-state index in [0.29, 0.717) is 24.7 Å². The summed E-state index contributed by atoms with van der Waals surface area (Å²) in [5, 5.41) is 3.32. The van der Waals surface area contributed by atoms with Crippen LogP contribution in [0.25, 0.3) is 0 Å². The summed E-state index contributed by atoms with van der Waals surface area (Å²) in [6.07, 6.45) is 4.55. The molecule has 0 aromatic heterocycles. The van der Waals surface area contributed by atoms with E-state index in [-0.39, 0.29) is 29.4 Å². The molecule has 3 N–H and O–H groups in total. The lowest BCUT2D eigenvalue weighted by atomic mass is 9.64. The highest BCUT2D eigenvalue weighted by molar-refractivity contribution is 14.0. The van der Waals surface area contributed by atoms with Crippen LogP contribution < -0.4 is 11.1 Å². The number of nitrogens with two attached hydrogens (primary N) is 1. The zero-order chi connectivity index (χ0) is 15.7. The van der Waals surface area contributed by atoms with E-state index in [0.717, 1.165) is 39.1 Å². The van der Waals surface area contributed by atoms with Crippen molar-refractivity contribution in [1.82, 2.24) is 5.32 Å². The molecule has 1 fully saturated rings. The van der Waals surface area contributed by atoms with Gasteiger partial charge in [-0.25, -0.2) is 0 Å². The van der Waals surface area contributed by atoms with Crippen LogP contribution >= 0.6 is 24.0 Å². The highest BCUT2D eigenvalue weighted by Gasteiger charge is 2.49. The molecule has 0 heterocycles. The van der Waals surface area contributed by atoms with Gasteiger partial charge in [-0.3, -0.25) is 4.99 Å². The molecular weight excluding hydrogens is 393 g/mol. The third-order valence-corrected chi connectivity index (χ3v) is 4.25. The van der Waals surface area contributed by atoms with Gasteiger partial charge in [0.1, 0.15) is 0 Å². The van der Waals surface area contributed by atoms with Crippen molar-refractivity contribution < 1.29 is 9.47 Å². The number of ether oxygens (including phenoxy) is 2. The van der Waals surface area contributed by atoms with Crippen molar-refractivity contribution in [3.63, 3.8) is 0 Å². The highest BCUT2D eigenvalue weighted by Crippen LogP contribution is 2.42. The fourth-order valence-corrected chi connectivity index (χ4v) is 2.52. The molecule has 1 rings (SSSR count). The summed E-state index contributed by atoms with van der Waals surface area (Å²) < 4.78 is 11.2. The maximum absolute atomic E-state index is 5.94. The zero-order valence-electron chi connectivity index (χ0n) is 14.6. The van der Waals surface area contributed by atoms with Crippen LogP contribution in [0.1, 0.15) is 53.4 Å². The second kappa shape index (κ2) is 11.5. The second-order valence-electron chi connectivity index (χ2n) is 6.28. The molecule has 0 aromatic rings. The van der Waals surface area contributed by atoms with Crippen LogP contribution in [0.3, 0.4) is 0 Å². The largest absolute Gasteiger partial charge is 0.382 e. The smallest absolute Gasteiger partial charge is 0.188 e. The van der Waals surface area contributed by atoms with Gasteiger partial charge in [0.25, 0.3) is 0 Å². The summed E-state index contributed by atoms with van der Waals surface area (Å²) >= 11 is 0. The number of guanidine groups is 1. The van der Waals surface area contributed by atoms with E-state index in [9.17, 15) is 0 Å². The molecule has 0 bridgehead atoms. The Bertz CT molecular complexity index is 325. The summed E-state index contributed by atoms with van der Waals surface area (Å²) in [4.78, 5) is 4.35. The molecule has 2 unspecified atom stereocenters. The summed E-state index contributed by atoms with van der Waals surface area (Å²) in [5.74, 6) is 0.539. The minimum atomic E-state index is 0. The monoisotopic (exact) mass is 427 g/mol. The van der Waals surface area contributed by atoms with E-state index in [1.54, 1.807) is 0 Å². The van der Waals surface area contributed by atoms with Crippen LogP contribution in [-0.2, 0) is 9.47 Å². The Labute approximate surface area is 152 Å². The zero-order valence-corrected chi connectivity index (χ0v) is 16.9. The Kier molecular flexibility index (Phi) is 11.4. The van der Waals surface area contributed by atoms with Gasteiger partial charge in [0.15, 0.2) is 5.96 Å². The first-order valence-electron chi connectivity index (χ1n) is 8.28. The van der Waals surface area contributed by atoms with Gasteiger partial charge in [-0.1, -0.05) is 27.2 Å². The first-order chi connectivity index (χ1) is 10.0. The van der Waals surface area contributed by atoms with Crippen molar-refractivity contribution in [3.05, 3.63) is 0 Å². The van der Waals surface area contributed by atoms with E-state index >= 15 is 0 Å². The van der Waals surface area contributed by atoms with E-state index in [1.165, 1.54) is 6.42 Å². The maximum Gasteiger partial charge on any atom is 0.188 e. The molecular formula is C16H34IN3O2. The number of rotatable bonds is 10. The third kappa shape index (κ3) is 7.00. The van der Waals surface area contributed by atoms with Crippen molar-refractivity contribution in [2.45, 2.75) is 65.5 Å². The third-order valence-electron chi connectivity index (χ3n) is 4.25. The molecule has 0 spiro atoms. The fraction of sp³-hybridized carbons (Fsp3) is 0.938. The quantitative estimate of drug-likeness (QED) is 0.244. The summed E-state index contributed by atoms with van der Waals surface area (Å²) in [7, 11) is 0. The van der Waals surface area contributed by atoms with Crippen LogP contribution in [0.15, 0.2) is 4.99 Å². The lowest BCUT2D eigenvalue weighted by Gasteiger charge is -2.51. The van der Waals surface area contributed by atoms with Crippen LogP contribution in [0.2, 0.25) is 0 Å². The average Bonchev–Trinajstić information content (AvgIpc) is 2.45. The number of hydrogen-bond acceptors (Lipinski definition) is 3. The number of aliphatic imine (C=N–C) groups is 1. The highest BCUT2D eigenvalue weighted by atomic mass is 127. The molecule has 0 radical (unpaired) electrons. The number of hydrogen-bond donors (Lipinski definition) is 2. The molecule has 22 heavy (non-hydrogen) atoms. The van der Waals surface area contributed by atoms with Crippen molar-refractivity contribution in [3.8, 4) is 0 Å². The van der Waals surface area contributed by atoms with Crippen molar-refractivity contribution in [2.75, 3.05) is 26.4 Å². The Morgan fingerprint density at radius 3 is 2.59 bits per heavy atom. The van der Waals surface area contributed by atoms with Crippen molar-refractivity contribution >= 4 is 29.9 Å². The number of nitrogens with one attached hydrogen (secondary N) is 1.